The first-order chi connectivity index (χ1) is 9.11. The monoisotopic (exact) mass is 317 g/mol. The lowest BCUT2D eigenvalue weighted by Gasteiger charge is -2.21. The van der Waals surface area contributed by atoms with Crippen molar-refractivity contribution in [3.63, 3.8) is 0 Å². The number of nitrogens with one attached hydrogen (secondary N) is 1. The van der Waals surface area contributed by atoms with Crippen molar-refractivity contribution in [3.8, 4) is 0 Å². The Morgan fingerprint density at radius 1 is 1.05 bits per heavy atom. The maximum Gasteiger partial charge on any atom is 0.0579 e. The van der Waals surface area contributed by atoms with Gasteiger partial charge in [-0.3, -0.25) is 0 Å². The van der Waals surface area contributed by atoms with Gasteiger partial charge < -0.3 is 5.32 Å². The molecule has 0 heterocycles. The Morgan fingerprint density at radius 2 is 1.74 bits per heavy atom. The molecule has 0 saturated heterocycles. The van der Waals surface area contributed by atoms with Crippen LogP contribution in [0.2, 0.25) is 0 Å². The van der Waals surface area contributed by atoms with Crippen molar-refractivity contribution in [3.05, 3.63) is 69.2 Å². The Bertz CT molecular complexity index is 546. The van der Waals surface area contributed by atoms with Crippen LogP contribution < -0.4 is 5.32 Å². The van der Waals surface area contributed by atoms with Crippen molar-refractivity contribution in [2.75, 3.05) is 6.54 Å². The van der Waals surface area contributed by atoms with Crippen LogP contribution in [0.15, 0.2) is 46.9 Å². The lowest BCUT2D eigenvalue weighted by Crippen LogP contribution is -2.22. The summed E-state index contributed by atoms with van der Waals surface area (Å²) >= 11 is 3.53. The molecule has 0 aromatic heterocycles. The van der Waals surface area contributed by atoms with E-state index in [9.17, 15) is 0 Å². The molecule has 1 unspecified atom stereocenters. The number of hydrogen-bond donors (Lipinski definition) is 1. The van der Waals surface area contributed by atoms with Gasteiger partial charge >= 0.3 is 0 Å². The highest BCUT2D eigenvalue weighted by molar-refractivity contribution is 9.10. The molecule has 2 rings (SSSR count). The van der Waals surface area contributed by atoms with E-state index >= 15 is 0 Å². The van der Waals surface area contributed by atoms with Gasteiger partial charge in [-0.1, -0.05) is 58.7 Å². The maximum absolute atomic E-state index is 3.58. The third-order valence-electron chi connectivity index (χ3n) is 3.36. The second kappa shape index (κ2) is 6.36. The number of aryl methyl sites for hydroxylation is 2. The van der Waals surface area contributed by atoms with Crippen molar-refractivity contribution in [1.82, 2.24) is 5.32 Å². The molecule has 2 heteroatoms. The third-order valence-corrected chi connectivity index (χ3v) is 3.86. The SMILES string of the molecule is CCNC(c1ccc(C)cc1)c1ccc(Br)cc1C. The molecule has 0 aliphatic heterocycles. The summed E-state index contributed by atoms with van der Waals surface area (Å²) in [5.41, 5.74) is 5.26. The van der Waals surface area contributed by atoms with Gasteiger partial charge in [-0.25, -0.2) is 0 Å². The summed E-state index contributed by atoms with van der Waals surface area (Å²) in [6.45, 7) is 7.39. The van der Waals surface area contributed by atoms with E-state index < -0.39 is 0 Å². The first kappa shape index (κ1) is 14.3. The molecule has 0 saturated carbocycles. The number of benzene rings is 2. The molecule has 0 fully saturated rings. The largest absolute Gasteiger partial charge is 0.307 e. The fraction of sp³-hybridized carbons (Fsp3) is 0.294. The summed E-state index contributed by atoms with van der Waals surface area (Å²) < 4.78 is 1.13. The Hall–Kier alpha value is -1.12. The van der Waals surface area contributed by atoms with Gasteiger partial charge in [-0.05, 0) is 49.2 Å². The zero-order chi connectivity index (χ0) is 13.8. The highest BCUT2D eigenvalue weighted by atomic mass is 79.9. The van der Waals surface area contributed by atoms with E-state index in [1.165, 1.54) is 22.3 Å². The molecule has 1 N–H and O–H groups in total. The van der Waals surface area contributed by atoms with Crippen LogP contribution in [-0.2, 0) is 0 Å². The van der Waals surface area contributed by atoms with Crippen LogP contribution in [0.4, 0.5) is 0 Å². The second-order valence-corrected chi connectivity index (χ2v) is 5.82. The van der Waals surface area contributed by atoms with Gasteiger partial charge in [0, 0.05) is 4.47 Å². The van der Waals surface area contributed by atoms with Crippen LogP contribution in [0.3, 0.4) is 0 Å². The number of hydrogen-bond acceptors (Lipinski definition) is 1. The summed E-state index contributed by atoms with van der Waals surface area (Å²) in [7, 11) is 0. The van der Waals surface area contributed by atoms with Crippen LogP contribution in [0, 0.1) is 13.8 Å². The minimum absolute atomic E-state index is 0.263. The fourth-order valence-electron chi connectivity index (χ4n) is 2.33. The number of rotatable bonds is 4. The Balaban J connectivity index is 2.41. The Kier molecular flexibility index (Phi) is 4.78. The standard InChI is InChI=1S/C17H20BrN/c1-4-19-17(14-7-5-12(2)6-8-14)16-10-9-15(18)11-13(16)3/h5-11,17,19H,4H2,1-3H3. The smallest absolute Gasteiger partial charge is 0.0579 e. The van der Waals surface area contributed by atoms with Gasteiger partial charge in [-0.15, -0.1) is 0 Å². The Morgan fingerprint density at radius 3 is 2.32 bits per heavy atom. The summed E-state index contributed by atoms with van der Waals surface area (Å²) in [5, 5.41) is 3.58. The zero-order valence-corrected chi connectivity index (χ0v) is 13.3. The summed E-state index contributed by atoms with van der Waals surface area (Å²) in [4.78, 5) is 0. The van der Waals surface area contributed by atoms with Crippen molar-refractivity contribution >= 4 is 15.9 Å². The third kappa shape index (κ3) is 3.46. The van der Waals surface area contributed by atoms with Gasteiger partial charge in [0.2, 0.25) is 0 Å². The van der Waals surface area contributed by atoms with Crippen LogP contribution in [-0.4, -0.2) is 6.54 Å². The van der Waals surface area contributed by atoms with Gasteiger partial charge in [0.25, 0.3) is 0 Å². The van der Waals surface area contributed by atoms with E-state index in [1.54, 1.807) is 0 Å². The molecule has 0 aliphatic rings. The van der Waals surface area contributed by atoms with Crippen molar-refractivity contribution in [2.45, 2.75) is 26.8 Å². The predicted octanol–water partition coefficient (Wildman–Crippen LogP) is 4.76. The molecular formula is C17H20BrN. The molecule has 2 aromatic rings. The number of halogens is 1. The summed E-state index contributed by atoms with van der Waals surface area (Å²) in [5.74, 6) is 0. The van der Waals surface area contributed by atoms with Crippen LogP contribution in [0.5, 0.6) is 0 Å². The highest BCUT2D eigenvalue weighted by Gasteiger charge is 2.14. The zero-order valence-electron chi connectivity index (χ0n) is 11.7. The van der Waals surface area contributed by atoms with E-state index in [0.29, 0.717) is 0 Å². The molecular weight excluding hydrogens is 298 g/mol. The van der Waals surface area contributed by atoms with Crippen LogP contribution in [0.25, 0.3) is 0 Å². The van der Waals surface area contributed by atoms with Gasteiger partial charge in [-0.2, -0.15) is 0 Å². The molecule has 1 atom stereocenters. The lowest BCUT2D eigenvalue weighted by molar-refractivity contribution is 0.627. The average Bonchev–Trinajstić information content (AvgIpc) is 2.38. The van der Waals surface area contributed by atoms with E-state index in [1.807, 2.05) is 0 Å². The minimum Gasteiger partial charge on any atom is -0.307 e. The molecule has 1 nitrogen and oxygen atoms in total. The summed E-state index contributed by atoms with van der Waals surface area (Å²) in [6.07, 6.45) is 0. The topological polar surface area (TPSA) is 12.0 Å². The fourth-order valence-corrected chi connectivity index (χ4v) is 2.81. The van der Waals surface area contributed by atoms with Crippen molar-refractivity contribution in [2.24, 2.45) is 0 Å². The lowest BCUT2D eigenvalue weighted by atomic mass is 9.94. The first-order valence-electron chi connectivity index (χ1n) is 6.68. The molecule has 19 heavy (non-hydrogen) atoms. The maximum atomic E-state index is 3.58. The molecule has 0 spiro atoms. The van der Waals surface area contributed by atoms with Crippen molar-refractivity contribution < 1.29 is 0 Å². The van der Waals surface area contributed by atoms with E-state index in [4.69, 9.17) is 0 Å². The van der Waals surface area contributed by atoms with Gasteiger partial charge in [0.1, 0.15) is 0 Å². The first-order valence-corrected chi connectivity index (χ1v) is 7.47. The highest BCUT2D eigenvalue weighted by Crippen LogP contribution is 2.27. The second-order valence-electron chi connectivity index (χ2n) is 4.90. The van der Waals surface area contributed by atoms with E-state index in [2.05, 4.69) is 84.5 Å². The van der Waals surface area contributed by atoms with Gasteiger partial charge in [0.15, 0.2) is 0 Å². The van der Waals surface area contributed by atoms with E-state index in [0.717, 1.165) is 11.0 Å². The van der Waals surface area contributed by atoms with Crippen LogP contribution in [0.1, 0.15) is 35.2 Å². The molecule has 2 aromatic carbocycles. The molecule has 0 bridgehead atoms. The molecule has 0 aliphatic carbocycles. The van der Waals surface area contributed by atoms with E-state index in [-0.39, 0.29) is 6.04 Å². The molecule has 0 radical (unpaired) electrons. The molecule has 100 valence electrons. The Labute approximate surface area is 124 Å². The molecule has 0 amide bonds. The predicted molar refractivity (Wildman–Crippen MR) is 85.6 cm³/mol. The normalized spacial score (nSPS) is 12.4. The van der Waals surface area contributed by atoms with Crippen LogP contribution >= 0.6 is 15.9 Å². The quantitative estimate of drug-likeness (QED) is 0.856. The minimum atomic E-state index is 0.263. The van der Waals surface area contributed by atoms with Gasteiger partial charge in [0.05, 0.1) is 6.04 Å². The average molecular weight is 318 g/mol. The van der Waals surface area contributed by atoms with Crippen molar-refractivity contribution in [1.29, 1.82) is 0 Å². The summed E-state index contributed by atoms with van der Waals surface area (Å²) in [6, 6.07) is 15.5.